The van der Waals surface area contributed by atoms with E-state index in [0.717, 1.165) is 5.56 Å². The summed E-state index contributed by atoms with van der Waals surface area (Å²) in [4.78, 5) is 26.8. The van der Waals surface area contributed by atoms with Crippen LogP contribution >= 0.6 is 23.2 Å². The van der Waals surface area contributed by atoms with Gasteiger partial charge in [0.25, 0.3) is 11.6 Å². The first-order valence-corrected chi connectivity index (χ1v) is 9.49. The highest BCUT2D eigenvalue weighted by molar-refractivity contribution is 6.34. The van der Waals surface area contributed by atoms with Crippen LogP contribution in [0.15, 0.2) is 42.5 Å². The van der Waals surface area contributed by atoms with Crippen LogP contribution in [0, 0.1) is 10.1 Å². The summed E-state index contributed by atoms with van der Waals surface area (Å²) in [5.74, 6) is 0.262. The van der Waals surface area contributed by atoms with Crippen LogP contribution in [0.4, 0.5) is 5.69 Å². The zero-order chi connectivity index (χ0) is 20.1. The third kappa shape index (κ3) is 5.34. The molecule has 3 rings (SSSR count). The zero-order valence-electron chi connectivity index (χ0n) is 15.0. The number of nitrogens with zero attached hydrogens (tertiary/aromatic N) is 3. The molecule has 0 N–H and O–H groups in total. The van der Waals surface area contributed by atoms with Crippen LogP contribution in [0.2, 0.25) is 10.0 Å². The molecule has 1 saturated heterocycles. The molecule has 1 heterocycles. The molecular weight excluding hydrogens is 405 g/mol. The number of nitro benzene ring substituents is 1. The lowest BCUT2D eigenvalue weighted by molar-refractivity contribution is -0.384. The first-order valence-electron chi connectivity index (χ1n) is 8.73. The molecule has 2 aromatic carbocycles. The summed E-state index contributed by atoms with van der Waals surface area (Å²) >= 11 is 11.9. The highest BCUT2D eigenvalue weighted by atomic mass is 35.5. The van der Waals surface area contributed by atoms with Gasteiger partial charge in [-0.1, -0.05) is 35.3 Å². The summed E-state index contributed by atoms with van der Waals surface area (Å²) in [6.45, 7) is 3.02. The molecule has 1 amide bonds. The number of non-ortho nitro benzene ring substituents is 1. The first kappa shape index (κ1) is 20.4. The van der Waals surface area contributed by atoms with Crippen molar-refractivity contribution in [2.75, 3.05) is 32.8 Å². The molecule has 7 nitrogen and oxygen atoms in total. The van der Waals surface area contributed by atoms with Crippen LogP contribution in [-0.2, 0) is 11.3 Å². The summed E-state index contributed by atoms with van der Waals surface area (Å²) in [6, 6.07) is 11.5. The molecule has 2 aromatic rings. The van der Waals surface area contributed by atoms with Gasteiger partial charge in [-0.25, -0.2) is 0 Å². The van der Waals surface area contributed by atoms with Gasteiger partial charge in [-0.2, -0.15) is 0 Å². The molecule has 0 aromatic heterocycles. The van der Waals surface area contributed by atoms with Crippen LogP contribution in [0.3, 0.4) is 0 Å². The first-order chi connectivity index (χ1) is 13.4. The number of hydrogen-bond acceptors (Lipinski definition) is 5. The number of hydrogen-bond donors (Lipinski definition) is 0. The third-order valence-electron chi connectivity index (χ3n) is 4.50. The average molecular weight is 424 g/mol. The summed E-state index contributed by atoms with van der Waals surface area (Å²) in [5.41, 5.74) is 0.969. The maximum Gasteiger partial charge on any atom is 0.269 e. The van der Waals surface area contributed by atoms with Gasteiger partial charge in [-0.05, 0) is 17.7 Å². The number of benzene rings is 2. The average Bonchev–Trinajstić information content (AvgIpc) is 2.69. The minimum Gasteiger partial charge on any atom is -0.482 e. The van der Waals surface area contributed by atoms with Crippen molar-refractivity contribution < 1.29 is 14.5 Å². The second kappa shape index (κ2) is 9.23. The van der Waals surface area contributed by atoms with E-state index in [0.29, 0.717) is 48.5 Å². The van der Waals surface area contributed by atoms with Gasteiger partial charge >= 0.3 is 0 Å². The van der Waals surface area contributed by atoms with Crippen molar-refractivity contribution in [2.24, 2.45) is 0 Å². The predicted molar refractivity (Wildman–Crippen MR) is 107 cm³/mol. The Labute approximate surface area is 172 Å². The number of carbonyl (C=O) groups is 1. The SMILES string of the molecule is O=C(COc1cc(Cl)ccc1Cl)N1CCN(Cc2cccc([N+](=O)[O-])c2)CC1. The van der Waals surface area contributed by atoms with E-state index < -0.39 is 4.92 Å². The molecule has 28 heavy (non-hydrogen) atoms. The van der Waals surface area contributed by atoms with E-state index >= 15 is 0 Å². The molecule has 148 valence electrons. The van der Waals surface area contributed by atoms with Crippen molar-refractivity contribution >= 4 is 34.8 Å². The van der Waals surface area contributed by atoms with Crippen molar-refractivity contribution in [3.63, 3.8) is 0 Å². The summed E-state index contributed by atoms with van der Waals surface area (Å²) < 4.78 is 5.51. The maximum atomic E-state index is 12.4. The van der Waals surface area contributed by atoms with Gasteiger partial charge in [-0.3, -0.25) is 19.8 Å². The summed E-state index contributed by atoms with van der Waals surface area (Å²) in [7, 11) is 0. The van der Waals surface area contributed by atoms with E-state index in [9.17, 15) is 14.9 Å². The quantitative estimate of drug-likeness (QED) is 0.523. The zero-order valence-corrected chi connectivity index (χ0v) is 16.5. The number of piperazine rings is 1. The Balaban J connectivity index is 1.48. The molecule has 1 fully saturated rings. The highest BCUT2D eigenvalue weighted by Gasteiger charge is 2.22. The molecule has 0 bridgehead atoms. The number of ether oxygens (including phenoxy) is 1. The number of rotatable bonds is 6. The summed E-state index contributed by atoms with van der Waals surface area (Å²) in [6.07, 6.45) is 0. The Bertz CT molecular complexity index is 870. The number of carbonyl (C=O) groups excluding carboxylic acids is 1. The normalized spacial score (nSPS) is 14.7. The van der Waals surface area contributed by atoms with Gasteiger partial charge in [0.2, 0.25) is 0 Å². The van der Waals surface area contributed by atoms with Gasteiger partial charge in [0.15, 0.2) is 6.61 Å². The second-order valence-corrected chi connectivity index (χ2v) is 7.29. The predicted octanol–water partition coefficient (Wildman–Crippen LogP) is 3.62. The van der Waals surface area contributed by atoms with Gasteiger partial charge in [0.1, 0.15) is 5.75 Å². The van der Waals surface area contributed by atoms with Crippen LogP contribution in [0.25, 0.3) is 0 Å². The largest absolute Gasteiger partial charge is 0.482 e. The third-order valence-corrected chi connectivity index (χ3v) is 5.04. The Morgan fingerprint density at radius 1 is 1.11 bits per heavy atom. The van der Waals surface area contributed by atoms with Crippen LogP contribution in [0.5, 0.6) is 5.75 Å². The lowest BCUT2D eigenvalue weighted by atomic mass is 10.1. The van der Waals surface area contributed by atoms with Crippen molar-refractivity contribution in [3.05, 3.63) is 68.2 Å². The smallest absolute Gasteiger partial charge is 0.269 e. The van der Waals surface area contributed by atoms with Crippen LogP contribution in [0.1, 0.15) is 5.56 Å². The maximum absolute atomic E-state index is 12.4. The van der Waals surface area contributed by atoms with E-state index in [1.807, 2.05) is 6.07 Å². The summed E-state index contributed by atoms with van der Waals surface area (Å²) in [5, 5.41) is 11.8. The molecule has 0 atom stereocenters. The molecular formula is C19H19Cl2N3O4. The fourth-order valence-electron chi connectivity index (χ4n) is 3.00. The minimum absolute atomic E-state index is 0.0862. The molecule has 0 aliphatic carbocycles. The fraction of sp³-hybridized carbons (Fsp3) is 0.316. The number of nitro groups is 1. The molecule has 1 aliphatic heterocycles. The van der Waals surface area contributed by atoms with E-state index in [2.05, 4.69) is 4.90 Å². The van der Waals surface area contributed by atoms with E-state index in [4.69, 9.17) is 27.9 Å². The van der Waals surface area contributed by atoms with Gasteiger partial charge in [0.05, 0.1) is 9.95 Å². The molecule has 9 heteroatoms. The Morgan fingerprint density at radius 3 is 2.57 bits per heavy atom. The van der Waals surface area contributed by atoms with E-state index in [-0.39, 0.29) is 18.2 Å². The number of amides is 1. The number of halogens is 2. The van der Waals surface area contributed by atoms with Crippen molar-refractivity contribution in [3.8, 4) is 5.75 Å². The second-order valence-electron chi connectivity index (χ2n) is 6.45. The van der Waals surface area contributed by atoms with Crippen molar-refractivity contribution in [1.29, 1.82) is 0 Å². The van der Waals surface area contributed by atoms with Gasteiger partial charge in [0, 0.05) is 55.9 Å². The molecule has 0 saturated carbocycles. The van der Waals surface area contributed by atoms with Gasteiger partial charge in [-0.15, -0.1) is 0 Å². The molecule has 0 spiro atoms. The standard InChI is InChI=1S/C19H19Cl2N3O4/c20-15-4-5-17(21)18(11-15)28-13-19(25)23-8-6-22(7-9-23)12-14-2-1-3-16(10-14)24(26)27/h1-5,10-11H,6-9,12-13H2. The van der Waals surface area contributed by atoms with Crippen molar-refractivity contribution in [2.45, 2.75) is 6.54 Å². The van der Waals surface area contributed by atoms with Crippen LogP contribution < -0.4 is 4.74 Å². The Kier molecular flexibility index (Phi) is 6.72. The molecule has 1 aliphatic rings. The van der Waals surface area contributed by atoms with Gasteiger partial charge < -0.3 is 9.64 Å². The highest BCUT2D eigenvalue weighted by Crippen LogP contribution is 2.27. The molecule has 0 radical (unpaired) electrons. The molecule has 0 unspecified atom stereocenters. The minimum atomic E-state index is -0.397. The fourth-order valence-corrected chi connectivity index (χ4v) is 3.33. The monoisotopic (exact) mass is 423 g/mol. The van der Waals surface area contributed by atoms with E-state index in [1.165, 1.54) is 6.07 Å². The Hall–Kier alpha value is -2.35. The van der Waals surface area contributed by atoms with Crippen molar-refractivity contribution in [1.82, 2.24) is 9.80 Å². The lowest BCUT2D eigenvalue weighted by Crippen LogP contribution is -2.49. The van der Waals surface area contributed by atoms with Crippen LogP contribution in [-0.4, -0.2) is 53.4 Å². The Morgan fingerprint density at radius 2 is 1.86 bits per heavy atom. The van der Waals surface area contributed by atoms with E-state index in [1.54, 1.807) is 35.2 Å². The topological polar surface area (TPSA) is 75.9 Å². The lowest BCUT2D eigenvalue weighted by Gasteiger charge is -2.34.